The van der Waals surface area contributed by atoms with Gasteiger partial charge in [0.05, 0.1) is 18.9 Å². The molecule has 2 N–H and O–H groups in total. The summed E-state index contributed by atoms with van der Waals surface area (Å²) in [7, 11) is 0. The summed E-state index contributed by atoms with van der Waals surface area (Å²) in [6.07, 6.45) is 2.77. The quantitative estimate of drug-likeness (QED) is 0.711. The van der Waals surface area contributed by atoms with Gasteiger partial charge in [-0.3, -0.25) is 4.98 Å². The molecular weight excluding hydrogens is 204 g/mol. The first-order chi connectivity index (χ1) is 7.72. The standard InChI is InChI=1S/C12H20N2O2/c1-10(2)15-7-8-16-12-4-3-11(5-6-13)14-9-12/h3-4,9-10H,5-8,13H2,1-2H3. The van der Waals surface area contributed by atoms with Crippen molar-refractivity contribution in [2.45, 2.75) is 26.4 Å². The SMILES string of the molecule is CC(C)OCCOc1ccc(CCN)nc1. The van der Waals surface area contributed by atoms with E-state index < -0.39 is 0 Å². The van der Waals surface area contributed by atoms with Crippen LogP contribution in [0.5, 0.6) is 5.75 Å². The highest BCUT2D eigenvalue weighted by molar-refractivity contribution is 5.19. The van der Waals surface area contributed by atoms with Gasteiger partial charge in [-0.15, -0.1) is 0 Å². The van der Waals surface area contributed by atoms with Crippen LogP contribution < -0.4 is 10.5 Å². The molecule has 4 heteroatoms. The van der Waals surface area contributed by atoms with Crippen molar-refractivity contribution in [1.82, 2.24) is 4.98 Å². The van der Waals surface area contributed by atoms with Crippen molar-refractivity contribution in [3.63, 3.8) is 0 Å². The van der Waals surface area contributed by atoms with Crippen LogP contribution >= 0.6 is 0 Å². The van der Waals surface area contributed by atoms with Crippen molar-refractivity contribution in [2.24, 2.45) is 5.73 Å². The Kier molecular flexibility index (Phi) is 5.82. The summed E-state index contributed by atoms with van der Waals surface area (Å²) in [5, 5.41) is 0. The van der Waals surface area contributed by atoms with Crippen LogP contribution in [0.2, 0.25) is 0 Å². The number of aromatic nitrogens is 1. The van der Waals surface area contributed by atoms with E-state index in [1.165, 1.54) is 0 Å². The Morgan fingerprint density at radius 3 is 2.69 bits per heavy atom. The van der Waals surface area contributed by atoms with E-state index in [2.05, 4.69) is 4.98 Å². The Bertz CT molecular complexity index is 286. The fourth-order valence-electron chi connectivity index (χ4n) is 1.24. The van der Waals surface area contributed by atoms with Crippen LogP contribution in [0.15, 0.2) is 18.3 Å². The molecule has 0 aromatic carbocycles. The number of pyridine rings is 1. The highest BCUT2D eigenvalue weighted by atomic mass is 16.5. The molecule has 0 aliphatic rings. The van der Waals surface area contributed by atoms with Crippen molar-refractivity contribution in [1.29, 1.82) is 0 Å². The Labute approximate surface area is 96.8 Å². The van der Waals surface area contributed by atoms with Gasteiger partial charge in [-0.2, -0.15) is 0 Å². The predicted octanol–water partition coefficient (Wildman–Crippen LogP) is 1.39. The minimum Gasteiger partial charge on any atom is -0.490 e. The molecule has 0 atom stereocenters. The molecule has 0 spiro atoms. The lowest BCUT2D eigenvalue weighted by Crippen LogP contribution is -2.11. The zero-order valence-corrected chi connectivity index (χ0v) is 9.98. The first kappa shape index (κ1) is 12.9. The van der Waals surface area contributed by atoms with Crippen LogP contribution in [0.3, 0.4) is 0 Å². The number of nitrogens with two attached hydrogens (primary N) is 1. The summed E-state index contributed by atoms with van der Waals surface area (Å²) in [4.78, 5) is 4.24. The van der Waals surface area contributed by atoms with E-state index in [4.69, 9.17) is 15.2 Å². The summed E-state index contributed by atoms with van der Waals surface area (Å²) in [5.41, 5.74) is 6.43. The maximum Gasteiger partial charge on any atom is 0.137 e. The van der Waals surface area contributed by atoms with Gasteiger partial charge in [-0.05, 0) is 32.5 Å². The molecule has 0 unspecified atom stereocenters. The second-order valence-electron chi connectivity index (χ2n) is 3.79. The van der Waals surface area contributed by atoms with Gasteiger partial charge in [0.15, 0.2) is 0 Å². The Hall–Kier alpha value is -1.13. The predicted molar refractivity (Wildman–Crippen MR) is 63.6 cm³/mol. The molecule has 0 fully saturated rings. The lowest BCUT2D eigenvalue weighted by atomic mass is 10.3. The Morgan fingerprint density at radius 1 is 1.31 bits per heavy atom. The summed E-state index contributed by atoms with van der Waals surface area (Å²) < 4.78 is 10.8. The van der Waals surface area contributed by atoms with E-state index in [0.717, 1.165) is 17.9 Å². The molecule has 90 valence electrons. The number of rotatable bonds is 7. The van der Waals surface area contributed by atoms with Crippen LogP contribution in [0.25, 0.3) is 0 Å². The molecule has 16 heavy (non-hydrogen) atoms. The van der Waals surface area contributed by atoms with E-state index >= 15 is 0 Å². The largest absolute Gasteiger partial charge is 0.490 e. The Balaban J connectivity index is 2.26. The molecule has 1 rings (SSSR count). The van der Waals surface area contributed by atoms with Gasteiger partial charge < -0.3 is 15.2 Å². The molecule has 0 bridgehead atoms. The third kappa shape index (κ3) is 5.09. The molecule has 4 nitrogen and oxygen atoms in total. The van der Waals surface area contributed by atoms with Crippen molar-refractivity contribution >= 4 is 0 Å². The molecule has 1 heterocycles. The highest BCUT2D eigenvalue weighted by Gasteiger charge is 1.97. The molecular formula is C12H20N2O2. The zero-order chi connectivity index (χ0) is 11.8. The van der Waals surface area contributed by atoms with Gasteiger partial charge >= 0.3 is 0 Å². The van der Waals surface area contributed by atoms with Gasteiger partial charge in [-0.1, -0.05) is 0 Å². The topological polar surface area (TPSA) is 57.4 Å². The molecule has 0 amide bonds. The van der Waals surface area contributed by atoms with Gasteiger partial charge in [0.2, 0.25) is 0 Å². The lowest BCUT2D eigenvalue weighted by Gasteiger charge is -2.09. The average molecular weight is 224 g/mol. The number of hydrogen-bond acceptors (Lipinski definition) is 4. The fraction of sp³-hybridized carbons (Fsp3) is 0.583. The summed E-state index contributed by atoms with van der Waals surface area (Å²) in [5.74, 6) is 0.771. The van der Waals surface area contributed by atoms with Crippen LogP contribution in [-0.2, 0) is 11.2 Å². The molecule has 0 aliphatic carbocycles. The first-order valence-electron chi connectivity index (χ1n) is 5.61. The second-order valence-corrected chi connectivity index (χ2v) is 3.79. The van der Waals surface area contributed by atoms with Crippen LogP contribution in [0.1, 0.15) is 19.5 Å². The second kappa shape index (κ2) is 7.19. The van der Waals surface area contributed by atoms with E-state index in [9.17, 15) is 0 Å². The smallest absolute Gasteiger partial charge is 0.137 e. The van der Waals surface area contributed by atoms with Crippen molar-refractivity contribution < 1.29 is 9.47 Å². The molecule has 0 saturated heterocycles. The monoisotopic (exact) mass is 224 g/mol. The number of ether oxygens (including phenoxy) is 2. The zero-order valence-electron chi connectivity index (χ0n) is 9.98. The normalized spacial score (nSPS) is 10.8. The third-order valence-corrected chi connectivity index (χ3v) is 2.00. The molecule has 1 aromatic rings. The first-order valence-corrected chi connectivity index (χ1v) is 5.61. The third-order valence-electron chi connectivity index (χ3n) is 2.00. The fourth-order valence-corrected chi connectivity index (χ4v) is 1.24. The van der Waals surface area contributed by atoms with Crippen LogP contribution in [-0.4, -0.2) is 30.8 Å². The maximum absolute atomic E-state index is 5.47. The van der Waals surface area contributed by atoms with Crippen molar-refractivity contribution in [3.8, 4) is 5.75 Å². The highest BCUT2D eigenvalue weighted by Crippen LogP contribution is 2.09. The van der Waals surface area contributed by atoms with Crippen molar-refractivity contribution in [3.05, 3.63) is 24.0 Å². The lowest BCUT2D eigenvalue weighted by molar-refractivity contribution is 0.0552. The molecule has 1 aromatic heterocycles. The van der Waals surface area contributed by atoms with Crippen LogP contribution in [0.4, 0.5) is 0 Å². The van der Waals surface area contributed by atoms with Gasteiger partial charge in [0.25, 0.3) is 0 Å². The number of nitrogens with zero attached hydrogens (tertiary/aromatic N) is 1. The minimum absolute atomic E-state index is 0.244. The van der Waals surface area contributed by atoms with Crippen LogP contribution in [0, 0.1) is 0 Å². The minimum atomic E-state index is 0.244. The van der Waals surface area contributed by atoms with Gasteiger partial charge in [0.1, 0.15) is 12.4 Å². The van der Waals surface area contributed by atoms with Gasteiger partial charge in [-0.25, -0.2) is 0 Å². The van der Waals surface area contributed by atoms with Gasteiger partial charge in [0, 0.05) is 12.1 Å². The summed E-state index contributed by atoms with van der Waals surface area (Å²) in [6, 6.07) is 3.85. The summed E-state index contributed by atoms with van der Waals surface area (Å²) in [6.45, 7) is 5.78. The molecule has 0 radical (unpaired) electrons. The van der Waals surface area contributed by atoms with Crippen molar-refractivity contribution in [2.75, 3.05) is 19.8 Å². The van der Waals surface area contributed by atoms with E-state index in [0.29, 0.717) is 19.8 Å². The number of hydrogen-bond donors (Lipinski definition) is 1. The average Bonchev–Trinajstić information content (AvgIpc) is 2.27. The Morgan fingerprint density at radius 2 is 2.12 bits per heavy atom. The van der Waals surface area contributed by atoms with E-state index in [-0.39, 0.29) is 6.10 Å². The molecule has 0 aliphatic heterocycles. The van der Waals surface area contributed by atoms with E-state index in [1.54, 1.807) is 6.20 Å². The summed E-state index contributed by atoms with van der Waals surface area (Å²) >= 11 is 0. The maximum atomic E-state index is 5.47. The molecule has 0 saturated carbocycles. The van der Waals surface area contributed by atoms with E-state index in [1.807, 2.05) is 26.0 Å².